The number of imide groups is 1. The zero-order valence-corrected chi connectivity index (χ0v) is 21.6. The number of urea groups is 1. The molecule has 2 saturated heterocycles. The van der Waals surface area contributed by atoms with Gasteiger partial charge in [0.25, 0.3) is 5.91 Å². The number of halogens is 3. The van der Waals surface area contributed by atoms with Gasteiger partial charge in [-0.2, -0.15) is 13.2 Å². The third kappa shape index (κ3) is 6.18. The summed E-state index contributed by atoms with van der Waals surface area (Å²) in [6.45, 7) is 5.54. The van der Waals surface area contributed by atoms with Crippen LogP contribution in [0.2, 0.25) is 0 Å². The molecule has 0 aliphatic carbocycles. The fraction of sp³-hybridized carbons (Fsp3) is 0.464. The molecule has 0 saturated carbocycles. The number of likely N-dealkylation sites (tertiary alicyclic amines) is 1. The zero-order chi connectivity index (χ0) is 27.5. The van der Waals surface area contributed by atoms with Gasteiger partial charge in [0.15, 0.2) is 0 Å². The van der Waals surface area contributed by atoms with E-state index in [1.54, 1.807) is 0 Å². The van der Waals surface area contributed by atoms with Crippen molar-refractivity contribution in [2.45, 2.75) is 57.4 Å². The van der Waals surface area contributed by atoms with Crippen LogP contribution >= 0.6 is 0 Å². The molecule has 4 amide bonds. The molecule has 2 fully saturated rings. The smallest absolute Gasteiger partial charge is 0.349 e. The van der Waals surface area contributed by atoms with E-state index in [0.29, 0.717) is 44.5 Å². The van der Waals surface area contributed by atoms with Gasteiger partial charge in [-0.1, -0.05) is 56.3 Å². The number of alkyl halides is 3. The first-order valence-electron chi connectivity index (χ1n) is 12.9. The third-order valence-corrected chi connectivity index (χ3v) is 7.35. The molecule has 10 heteroatoms. The molecule has 1 atom stereocenters. The van der Waals surface area contributed by atoms with Crippen LogP contribution in [0.15, 0.2) is 54.6 Å². The SMILES string of the molecule is CC(C)C(=O)NC(CCN1CCC2(CC1)NC(=O)N(Cc1ccc(C(F)(F)F)cc1)C2=O)c1ccccc1. The summed E-state index contributed by atoms with van der Waals surface area (Å²) in [6, 6.07) is 13.6. The van der Waals surface area contributed by atoms with Crippen LogP contribution in [0, 0.1) is 5.92 Å². The molecule has 1 spiro atoms. The number of nitrogens with one attached hydrogen (secondary N) is 2. The maximum Gasteiger partial charge on any atom is 0.416 e. The van der Waals surface area contributed by atoms with E-state index in [1.807, 2.05) is 44.2 Å². The Labute approximate surface area is 220 Å². The first kappa shape index (κ1) is 27.6. The van der Waals surface area contributed by atoms with Gasteiger partial charge < -0.3 is 15.5 Å². The summed E-state index contributed by atoms with van der Waals surface area (Å²) in [5, 5.41) is 5.98. The molecule has 2 aliphatic heterocycles. The van der Waals surface area contributed by atoms with Crippen LogP contribution < -0.4 is 10.6 Å². The molecule has 0 radical (unpaired) electrons. The van der Waals surface area contributed by atoms with Crippen molar-refractivity contribution >= 4 is 17.8 Å². The van der Waals surface area contributed by atoms with Gasteiger partial charge in [0, 0.05) is 25.6 Å². The van der Waals surface area contributed by atoms with E-state index < -0.39 is 23.3 Å². The molecule has 2 heterocycles. The van der Waals surface area contributed by atoms with Crippen molar-refractivity contribution < 1.29 is 27.6 Å². The number of nitrogens with zero attached hydrogens (tertiary/aromatic N) is 2. The van der Waals surface area contributed by atoms with E-state index in [4.69, 9.17) is 0 Å². The summed E-state index contributed by atoms with van der Waals surface area (Å²) >= 11 is 0. The van der Waals surface area contributed by atoms with Crippen molar-refractivity contribution in [3.8, 4) is 0 Å². The molecule has 2 aromatic carbocycles. The van der Waals surface area contributed by atoms with Crippen molar-refractivity contribution in [1.29, 1.82) is 0 Å². The summed E-state index contributed by atoms with van der Waals surface area (Å²) in [5.74, 6) is -0.476. The number of amides is 4. The predicted octanol–water partition coefficient (Wildman–Crippen LogP) is 4.50. The van der Waals surface area contributed by atoms with Gasteiger partial charge in [-0.3, -0.25) is 14.5 Å². The second-order valence-corrected chi connectivity index (χ2v) is 10.4. The van der Waals surface area contributed by atoms with Gasteiger partial charge in [0.2, 0.25) is 5.91 Å². The molecule has 7 nitrogen and oxygen atoms in total. The number of carbonyl (C=O) groups excluding carboxylic acids is 3. The lowest BCUT2D eigenvalue weighted by atomic mass is 9.87. The molecule has 4 rings (SSSR count). The van der Waals surface area contributed by atoms with Crippen LogP contribution in [0.25, 0.3) is 0 Å². The molecular weight excluding hydrogens is 497 g/mol. The lowest BCUT2D eigenvalue weighted by molar-refractivity contribution is -0.137. The van der Waals surface area contributed by atoms with Crippen LogP contribution in [0.1, 0.15) is 55.8 Å². The highest BCUT2D eigenvalue weighted by Crippen LogP contribution is 2.32. The minimum Gasteiger partial charge on any atom is -0.349 e. The highest BCUT2D eigenvalue weighted by atomic mass is 19.4. The standard InChI is InChI=1S/C28H33F3N4O3/c1-19(2)24(36)32-23(21-6-4-3-5-7-21)12-15-34-16-13-27(14-17-34)25(37)35(26(38)33-27)18-20-8-10-22(11-9-20)28(29,30)31/h3-11,19,23H,12-18H2,1-2H3,(H,32,36)(H,33,38). The van der Waals surface area contributed by atoms with Crippen LogP contribution in [-0.2, 0) is 22.3 Å². The van der Waals surface area contributed by atoms with Crippen molar-refractivity contribution in [3.63, 3.8) is 0 Å². The van der Waals surface area contributed by atoms with E-state index in [-0.39, 0.29) is 30.3 Å². The van der Waals surface area contributed by atoms with Crippen molar-refractivity contribution in [3.05, 3.63) is 71.3 Å². The first-order valence-corrected chi connectivity index (χ1v) is 12.9. The van der Waals surface area contributed by atoms with Gasteiger partial charge in [0.1, 0.15) is 5.54 Å². The Kier molecular flexibility index (Phi) is 8.10. The minimum atomic E-state index is -4.45. The van der Waals surface area contributed by atoms with Crippen molar-refractivity contribution in [1.82, 2.24) is 20.4 Å². The van der Waals surface area contributed by atoms with E-state index in [9.17, 15) is 27.6 Å². The predicted molar refractivity (Wildman–Crippen MR) is 136 cm³/mol. The quantitative estimate of drug-likeness (QED) is 0.493. The normalized spacial score (nSPS) is 18.6. The molecule has 1 unspecified atom stereocenters. The number of hydrogen-bond donors (Lipinski definition) is 2. The summed E-state index contributed by atoms with van der Waals surface area (Å²) in [7, 11) is 0. The Hall–Kier alpha value is -3.40. The van der Waals surface area contributed by atoms with Gasteiger partial charge >= 0.3 is 12.2 Å². The molecule has 38 heavy (non-hydrogen) atoms. The molecule has 2 aliphatic rings. The number of hydrogen-bond acceptors (Lipinski definition) is 4. The molecule has 2 N–H and O–H groups in total. The van der Waals surface area contributed by atoms with Crippen LogP contribution in [0.4, 0.5) is 18.0 Å². The summed E-state index contributed by atoms with van der Waals surface area (Å²) in [5.41, 5.74) is -0.288. The summed E-state index contributed by atoms with van der Waals surface area (Å²) in [6.07, 6.45) is -2.86. The Morgan fingerprint density at radius 2 is 1.66 bits per heavy atom. The number of piperidine rings is 1. The van der Waals surface area contributed by atoms with E-state index >= 15 is 0 Å². The lowest BCUT2D eigenvalue weighted by Gasteiger charge is -2.37. The maximum absolute atomic E-state index is 13.3. The number of benzene rings is 2. The topological polar surface area (TPSA) is 81.8 Å². The van der Waals surface area contributed by atoms with Gasteiger partial charge in [-0.05, 0) is 42.5 Å². The lowest BCUT2D eigenvalue weighted by Crippen LogP contribution is -2.55. The van der Waals surface area contributed by atoms with Crippen molar-refractivity contribution in [2.24, 2.45) is 5.92 Å². The Balaban J connectivity index is 1.34. The van der Waals surface area contributed by atoms with Gasteiger partial charge in [-0.15, -0.1) is 0 Å². The molecule has 204 valence electrons. The minimum absolute atomic E-state index is 0.0103. The Morgan fingerprint density at radius 1 is 1.03 bits per heavy atom. The van der Waals surface area contributed by atoms with Gasteiger partial charge in [0.05, 0.1) is 18.2 Å². The molecule has 0 bridgehead atoms. The van der Waals surface area contributed by atoms with Gasteiger partial charge in [-0.25, -0.2) is 4.79 Å². The average molecular weight is 531 g/mol. The Bertz CT molecular complexity index is 1140. The molecule has 0 aromatic heterocycles. The van der Waals surface area contributed by atoms with Crippen LogP contribution in [-0.4, -0.2) is 52.8 Å². The Morgan fingerprint density at radius 3 is 2.24 bits per heavy atom. The van der Waals surface area contributed by atoms with Crippen LogP contribution in [0.3, 0.4) is 0 Å². The van der Waals surface area contributed by atoms with Crippen molar-refractivity contribution in [2.75, 3.05) is 19.6 Å². The number of carbonyl (C=O) groups is 3. The average Bonchev–Trinajstić information content (AvgIpc) is 3.11. The highest BCUT2D eigenvalue weighted by molar-refractivity contribution is 6.07. The number of rotatable bonds is 8. The zero-order valence-electron chi connectivity index (χ0n) is 21.6. The van der Waals surface area contributed by atoms with Crippen LogP contribution in [0.5, 0.6) is 0 Å². The summed E-state index contributed by atoms with van der Waals surface area (Å²) < 4.78 is 38.5. The molecular formula is C28H33F3N4O3. The monoisotopic (exact) mass is 530 g/mol. The second-order valence-electron chi connectivity index (χ2n) is 10.4. The second kappa shape index (κ2) is 11.1. The fourth-order valence-corrected chi connectivity index (χ4v) is 4.96. The summed E-state index contributed by atoms with van der Waals surface area (Å²) in [4.78, 5) is 41.6. The third-order valence-electron chi connectivity index (χ3n) is 7.35. The fourth-order valence-electron chi connectivity index (χ4n) is 4.96. The van der Waals surface area contributed by atoms with E-state index in [0.717, 1.165) is 22.6 Å². The van der Waals surface area contributed by atoms with E-state index in [1.165, 1.54) is 12.1 Å². The molecule has 2 aromatic rings. The highest BCUT2D eigenvalue weighted by Gasteiger charge is 2.52. The van der Waals surface area contributed by atoms with E-state index in [2.05, 4.69) is 15.5 Å². The largest absolute Gasteiger partial charge is 0.416 e. The first-order chi connectivity index (χ1) is 18.0. The maximum atomic E-state index is 13.3.